The average Bonchev–Trinajstić information content (AvgIpc) is 2.53. The highest BCUT2D eigenvalue weighted by Crippen LogP contribution is 2.38. The zero-order valence-corrected chi connectivity index (χ0v) is 25.5. The van der Waals surface area contributed by atoms with Crippen LogP contribution in [-0.2, 0) is 0 Å². The van der Waals surface area contributed by atoms with Gasteiger partial charge in [-0.1, -0.05) is 0 Å². The number of hydrogen-bond donors (Lipinski definition) is 5. The molecule has 0 atom stereocenters. The molecule has 3 saturated heterocycles. The standard InChI is InChI=1S/C30H61N5/c1-25(2)13-21(14-26(3,4)33-25)22(19-31-23-15-27(5,6)34-28(7,8)16-23)20-32-24-17-29(9,10)35-30(11,12)18-24/h21-24,31-35H,13-20H2,1-12H3. The highest BCUT2D eigenvalue weighted by Gasteiger charge is 2.43. The molecule has 3 heterocycles. The van der Waals surface area contributed by atoms with Crippen LogP contribution in [0.5, 0.6) is 0 Å². The summed E-state index contributed by atoms with van der Waals surface area (Å²) < 4.78 is 0. The second-order valence-corrected chi connectivity index (χ2v) is 16.6. The van der Waals surface area contributed by atoms with Crippen LogP contribution in [0.2, 0.25) is 0 Å². The minimum atomic E-state index is 0.179. The van der Waals surface area contributed by atoms with E-state index in [0.717, 1.165) is 13.1 Å². The van der Waals surface area contributed by atoms with Crippen LogP contribution in [0.1, 0.15) is 122 Å². The molecule has 0 aromatic rings. The maximum Gasteiger partial charge on any atom is 0.0144 e. The van der Waals surface area contributed by atoms with Crippen molar-refractivity contribution in [2.24, 2.45) is 11.8 Å². The van der Waals surface area contributed by atoms with E-state index < -0.39 is 0 Å². The van der Waals surface area contributed by atoms with Crippen LogP contribution in [0, 0.1) is 11.8 Å². The topological polar surface area (TPSA) is 60.1 Å². The molecular weight excluding hydrogens is 430 g/mol. The number of hydrogen-bond acceptors (Lipinski definition) is 5. The van der Waals surface area contributed by atoms with Crippen molar-refractivity contribution < 1.29 is 0 Å². The number of rotatable bonds is 7. The molecule has 35 heavy (non-hydrogen) atoms. The predicted molar refractivity (Wildman–Crippen MR) is 152 cm³/mol. The van der Waals surface area contributed by atoms with Crippen molar-refractivity contribution >= 4 is 0 Å². The summed E-state index contributed by atoms with van der Waals surface area (Å²) in [5, 5.41) is 19.8. The molecule has 3 aliphatic heterocycles. The van der Waals surface area contributed by atoms with E-state index in [4.69, 9.17) is 0 Å². The minimum Gasteiger partial charge on any atom is -0.314 e. The van der Waals surface area contributed by atoms with Gasteiger partial charge in [-0.05, 0) is 147 Å². The third-order valence-corrected chi connectivity index (χ3v) is 8.61. The van der Waals surface area contributed by atoms with Crippen LogP contribution in [0.15, 0.2) is 0 Å². The van der Waals surface area contributed by atoms with Crippen LogP contribution in [-0.4, -0.2) is 58.4 Å². The van der Waals surface area contributed by atoms with E-state index in [0.29, 0.717) is 23.9 Å². The Labute approximate surface area is 218 Å². The molecule has 0 saturated carbocycles. The van der Waals surface area contributed by atoms with E-state index in [-0.39, 0.29) is 33.2 Å². The van der Waals surface area contributed by atoms with Crippen molar-refractivity contribution in [3.63, 3.8) is 0 Å². The zero-order valence-electron chi connectivity index (χ0n) is 25.5. The summed E-state index contributed by atoms with van der Waals surface area (Å²) in [6, 6.07) is 1.14. The van der Waals surface area contributed by atoms with Gasteiger partial charge in [0.05, 0.1) is 0 Å². The molecule has 5 heteroatoms. The molecule has 0 radical (unpaired) electrons. The maximum atomic E-state index is 4.09. The first-order valence-corrected chi connectivity index (χ1v) is 14.5. The van der Waals surface area contributed by atoms with E-state index in [2.05, 4.69) is 110 Å². The van der Waals surface area contributed by atoms with E-state index in [1.54, 1.807) is 0 Å². The van der Waals surface area contributed by atoms with Gasteiger partial charge in [0.1, 0.15) is 0 Å². The highest BCUT2D eigenvalue weighted by molar-refractivity contribution is 5.03. The second-order valence-electron chi connectivity index (χ2n) is 16.6. The van der Waals surface area contributed by atoms with Gasteiger partial charge in [0.25, 0.3) is 0 Å². The summed E-state index contributed by atoms with van der Waals surface area (Å²) in [6.45, 7) is 30.7. The lowest BCUT2D eigenvalue weighted by Gasteiger charge is -2.50. The lowest BCUT2D eigenvalue weighted by molar-refractivity contribution is 0.0802. The summed E-state index contributed by atoms with van der Waals surface area (Å²) in [4.78, 5) is 0. The van der Waals surface area contributed by atoms with Gasteiger partial charge < -0.3 is 26.6 Å². The Bertz CT molecular complexity index is 630. The smallest absolute Gasteiger partial charge is 0.0144 e. The van der Waals surface area contributed by atoms with Crippen molar-refractivity contribution in [3.05, 3.63) is 0 Å². The van der Waals surface area contributed by atoms with Crippen LogP contribution < -0.4 is 26.6 Å². The Morgan fingerprint density at radius 3 is 1.03 bits per heavy atom. The van der Waals surface area contributed by atoms with Crippen molar-refractivity contribution in [1.82, 2.24) is 26.6 Å². The molecular formula is C30H61N5. The molecule has 3 fully saturated rings. The molecule has 3 rings (SSSR count). The zero-order chi connectivity index (χ0) is 26.5. The lowest BCUT2D eigenvalue weighted by Crippen LogP contribution is -2.63. The molecule has 5 N–H and O–H groups in total. The van der Waals surface area contributed by atoms with Gasteiger partial charge in [-0.25, -0.2) is 0 Å². The molecule has 0 aromatic carbocycles. The van der Waals surface area contributed by atoms with E-state index >= 15 is 0 Å². The van der Waals surface area contributed by atoms with Crippen molar-refractivity contribution in [3.8, 4) is 0 Å². The Hall–Kier alpha value is -0.200. The van der Waals surface area contributed by atoms with Gasteiger partial charge >= 0.3 is 0 Å². The predicted octanol–water partition coefficient (Wildman–Crippen LogP) is 4.96. The van der Waals surface area contributed by atoms with Crippen LogP contribution >= 0.6 is 0 Å². The molecule has 0 amide bonds. The van der Waals surface area contributed by atoms with Crippen molar-refractivity contribution in [2.75, 3.05) is 13.1 Å². The van der Waals surface area contributed by atoms with Gasteiger partial charge in [-0.3, -0.25) is 0 Å². The quantitative estimate of drug-likeness (QED) is 0.349. The van der Waals surface area contributed by atoms with Crippen LogP contribution in [0.4, 0.5) is 0 Å². The maximum absolute atomic E-state index is 4.09. The highest BCUT2D eigenvalue weighted by atomic mass is 15.1. The van der Waals surface area contributed by atoms with Crippen LogP contribution in [0.3, 0.4) is 0 Å². The minimum absolute atomic E-state index is 0.179. The largest absolute Gasteiger partial charge is 0.314 e. The molecule has 0 aliphatic carbocycles. The first-order chi connectivity index (χ1) is 15.7. The normalized spacial score (nSPS) is 30.4. The fourth-order valence-corrected chi connectivity index (χ4v) is 8.71. The molecule has 0 bridgehead atoms. The van der Waals surface area contributed by atoms with Gasteiger partial charge in [0.15, 0.2) is 0 Å². The summed E-state index contributed by atoms with van der Waals surface area (Å²) in [6.07, 6.45) is 7.26. The monoisotopic (exact) mass is 491 g/mol. The summed E-state index contributed by atoms with van der Waals surface area (Å²) in [5.74, 6) is 1.35. The van der Waals surface area contributed by atoms with Crippen LogP contribution in [0.25, 0.3) is 0 Å². The molecule has 3 aliphatic rings. The fourth-order valence-electron chi connectivity index (χ4n) is 8.71. The molecule has 5 nitrogen and oxygen atoms in total. The Morgan fingerprint density at radius 1 is 0.486 bits per heavy atom. The third kappa shape index (κ3) is 8.95. The number of nitrogens with one attached hydrogen (secondary N) is 5. The average molecular weight is 492 g/mol. The van der Waals surface area contributed by atoms with Crippen molar-refractivity contribution in [2.45, 2.75) is 167 Å². The van der Waals surface area contributed by atoms with Crippen molar-refractivity contribution in [1.29, 1.82) is 0 Å². The Morgan fingerprint density at radius 2 is 0.743 bits per heavy atom. The fraction of sp³-hybridized carbons (Fsp3) is 1.00. The molecule has 206 valence electrons. The number of piperidine rings is 3. The SMILES string of the molecule is CC1(C)CC(NCC(CNC2CC(C)(C)NC(C)(C)C2)C2CC(C)(C)NC(C)(C)C2)CC(C)(C)N1. The van der Waals surface area contributed by atoms with E-state index in [1.165, 1.54) is 38.5 Å². The first-order valence-electron chi connectivity index (χ1n) is 14.5. The second kappa shape index (κ2) is 9.84. The van der Waals surface area contributed by atoms with Gasteiger partial charge in [0.2, 0.25) is 0 Å². The molecule has 0 aromatic heterocycles. The van der Waals surface area contributed by atoms with Gasteiger partial charge in [0, 0.05) is 45.3 Å². The third-order valence-electron chi connectivity index (χ3n) is 8.61. The first kappa shape index (κ1) is 29.4. The van der Waals surface area contributed by atoms with Gasteiger partial charge in [-0.2, -0.15) is 0 Å². The van der Waals surface area contributed by atoms with E-state index in [1.807, 2.05) is 0 Å². The van der Waals surface area contributed by atoms with Gasteiger partial charge in [-0.15, -0.1) is 0 Å². The summed E-state index contributed by atoms with van der Waals surface area (Å²) >= 11 is 0. The summed E-state index contributed by atoms with van der Waals surface area (Å²) in [5.41, 5.74) is 1.08. The molecule has 0 unspecified atom stereocenters. The Kier molecular flexibility index (Phi) is 8.25. The Balaban J connectivity index is 1.72. The lowest BCUT2D eigenvalue weighted by atomic mass is 9.70. The molecule has 0 spiro atoms. The summed E-state index contributed by atoms with van der Waals surface area (Å²) in [7, 11) is 0. The van der Waals surface area contributed by atoms with E-state index in [9.17, 15) is 0 Å².